The Morgan fingerprint density at radius 1 is 1.42 bits per heavy atom. The van der Waals surface area contributed by atoms with E-state index in [-0.39, 0.29) is 0 Å². The molecule has 4 nitrogen and oxygen atoms in total. The Kier molecular flexibility index (Phi) is 3.71. The van der Waals surface area contributed by atoms with Gasteiger partial charge >= 0.3 is 0 Å². The fourth-order valence-electron chi connectivity index (χ4n) is 2.85. The van der Waals surface area contributed by atoms with Gasteiger partial charge in [-0.3, -0.25) is 4.90 Å². The second-order valence-electron chi connectivity index (χ2n) is 5.80. The highest BCUT2D eigenvalue weighted by Gasteiger charge is 2.35. The summed E-state index contributed by atoms with van der Waals surface area (Å²) in [6.07, 6.45) is 2.80. The molecule has 0 bridgehead atoms. The van der Waals surface area contributed by atoms with Gasteiger partial charge in [-0.05, 0) is 31.7 Å². The maximum absolute atomic E-state index is 5.20. The molecular weight excluding hydrogens is 238 g/mol. The van der Waals surface area contributed by atoms with E-state index < -0.39 is 0 Å². The van der Waals surface area contributed by atoms with Gasteiger partial charge in [0.2, 0.25) is 5.88 Å². The number of rotatable bonds is 4. The highest BCUT2D eigenvalue weighted by Crippen LogP contribution is 2.34. The molecule has 2 atom stereocenters. The zero-order chi connectivity index (χ0) is 13.2. The van der Waals surface area contributed by atoms with E-state index in [2.05, 4.69) is 28.2 Å². The van der Waals surface area contributed by atoms with Crippen molar-refractivity contribution in [1.29, 1.82) is 0 Å². The summed E-state index contributed by atoms with van der Waals surface area (Å²) in [6.45, 7) is 5.44. The summed E-state index contributed by atoms with van der Waals surface area (Å²) in [4.78, 5) is 7.06. The zero-order valence-electron chi connectivity index (χ0n) is 11.8. The van der Waals surface area contributed by atoms with Crippen molar-refractivity contribution in [3.8, 4) is 5.88 Å². The van der Waals surface area contributed by atoms with Crippen molar-refractivity contribution in [2.75, 3.05) is 20.2 Å². The van der Waals surface area contributed by atoms with Crippen molar-refractivity contribution in [2.24, 2.45) is 5.92 Å². The number of aromatic nitrogens is 1. The van der Waals surface area contributed by atoms with Gasteiger partial charge in [0.1, 0.15) is 0 Å². The summed E-state index contributed by atoms with van der Waals surface area (Å²) < 4.78 is 5.20. The molecule has 1 aliphatic heterocycles. The number of pyridine rings is 1. The molecule has 1 aromatic rings. The van der Waals surface area contributed by atoms with E-state index in [1.807, 2.05) is 12.1 Å². The van der Waals surface area contributed by atoms with Crippen LogP contribution in [0.3, 0.4) is 0 Å². The normalized spacial score (nSPS) is 28.3. The molecule has 19 heavy (non-hydrogen) atoms. The van der Waals surface area contributed by atoms with E-state index in [9.17, 15) is 0 Å². The van der Waals surface area contributed by atoms with Crippen LogP contribution in [0.2, 0.25) is 0 Å². The van der Waals surface area contributed by atoms with Gasteiger partial charge in [-0.15, -0.1) is 0 Å². The lowest BCUT2D eigenvalue weighted by Gasteiger charge is -2.38. The van der Waals surface area contributed by atoms with Crippen LogP contribution >= 0.6 is 0 Å². The van der Waals surface area contributed by atoms with Crippen LogP contribution in [0.5, 0.6) is 5.88 Å². The fraction of sp³-hybridized carbons (Fsp3) is 0.667. The standard InChI is InChI=1S/C15H23N3O/c1-11-8-16-14(12-6-7-12)10-18(11)9-13-4-3-5-15(17-13)19-2/h3-5,11-12,14,16H,6-10H2,1-2H3. The SMILES string of the molecule is COc1cccc(CN2CC(C3CC3)NCC2C)n1. The van der Waals surface area contributed by atoms with Gasteiger partial charge in [-0.2, -0.15) is 0 Å². The van der Waals surface area contributed by atoms with Gasteiger partial charge in [0.15, 0.2) is 0 Å². The maximum Gasteiger partial charge on any atom is 0.213 e. The minimum absolute atomic E-state index is 0.572. The molecule has 2 unspecified atom stereocenters. The molecule has 1 aromatic heterocycles. The predicted octanol–water partition coefficient (Wildman–Crippen LogP) is 1.66. The largest absolute Gasteiger partial charge is 0.481 e. The lowest BCUT2D eigenvalue weighted by molar-refractivity contribution is 0.123. The first kappa shape index (κ1) is 12.9. The molecule has 1 aliphatic carbocycles. The van der Waals surface area contributed by atoms with Crippen LogP contribution in [0.4, 0.5) is 0 Å². The average molecular weight is 261 g/mol. The summed E-state index contributed by atoms with van der Waals surface area (Å²) in [7, 11) is 1.67. The molecule has 2 fully saturated rings. The number of methoxy groups -OCH3 is 1. The van der Waals surface area contributed by atoms with Gasteiger partial charge in [0, 0.05) is 37.8 Å². The van der Waals surface area contributed by atoms with Crippen molar-refractivity contribution in [1.82, 2.24) is 15.2 Å². The molecule has 0 amide bonds. The van der Waals surface area contributed by atoms with Gasteiger partial charge in [0.25, 0.3) is 0 Å². The molecule has 0 radical (unpaired) electrons. The van der Waals surface area contributed by atoms with Gasteiger partial charge in [0.05, 0.1) is 12.8 Å². The highest BCUT2D eigenvalue weighted by molar-refractivity contribution is 5.15. The van der Waals surface area contributed by atoms with E-state index >= 15 is 0 Å². The van der Waals surface area contributed by atoms with Gasteiger partial charge in [-0.1, -0.05) is 6.07 Å². The van der Waals surface area contributed by atoms with Crippen molar-refractivity contribution in [2.45, 2.75) is 38.4 Å². The van der Waals surface area contributed by atoms with E-state index in [0.717, 1.165) is 31.2 Å². The number of piperazine rings is 1. The number of hydrogen-bond acceptors (Lipinski definition) is 4. The summed E-state index contributed by atoms with van der Waals surface area (Å²) in [6, 6.07) is 7.26. The Labute approximate surface area is 115 Å². The van der Waals surface area contributed by atoms with Crippen LogP contribution in [-0.4, -0.2) is 42.2 Å². The average Bonchev–Trinajstić information content (AvgIpc) is 3.26. The highest BCUT2D eigenvalue weighted by atomic mass is 16.5. The number of hydrogen-bond donors (Lipinski definition) is 1. The Bertz CT molecular complexity index is 433. The summed E-state index contributed by atoms with van der Waals surface area (Å²) in [5.74, 6) is 1.62. The van der Waals surface area contributed by atoms with Crippen LogP contribution in [0, 0.1) is 5.92 Å². The molecule has 3 rings (SSSR count). The van der Waals surface area contributed by atoms with E-state index in [4.69, 9.17) is 4.74 Å². The lowest BCUT2D eigenvalue weighted by atomic mass is 10.1. The van der Waals surface area contributed by atoms with Crippen LogP contribution in [0.15, 0.2) is 18.2 Å². The second kappa shape index (κ2) is 5.47. The van der Waals surface area contributed by atoms with Crippen LogP contribution in [0.25, 0.3) is 0 Å². The Balaban J connectivity index is 1.65. The smallest absolute Gasteiger partial charge is 0.213 e. The molecule has 0 spiro atoms. The quantitative estimate of drug-likeness (QED) is 0.894. The van der Waals surface area contributed by atoms with E-state index in [0.29, 0.717) is 18.0 Å². The first-order valence-corrected chi connectivity index (χ1v) is 7.23. The van der Waals surface area contributed by atoms with Gasteiger partial charge < -0.3 is 10.1 Å². The topological polar surface area (TPSA) is 37.4 Å². The number of nitrogens with one attached hydrogen (secondary N) is 1. The van der Waals surface area contributed by atoms with E-state index in [1.165, 1.54) is 12.8 Å². The van der Waals surface area contributed by atoms with Crippen LogP contribution in [-0.2, 0) is 6.54 Å². The minimum Gasteiger partial charge on any atom is -0.481 e. The number of ether oxygens (including phenoxy) is 1. The molecular formula is C15H23N3O. The molecule has 0 aromatic carbocycles. The third-order valence-electron chi connectivity index (χ3n) is 4.28. The second-order valence-corrected chi connectivity index (χ2v) is 5.80. The van der Waals surface area contributed by atoms with Gasteiger partial charge in [-0.25, -0.2) is 4.98 Å². The third-order valence-corrected chi connectivity index (χ3v) is 4.28. The van der Waals surface area contributed by atoms with Crippen LogP contribution in [0.1, 0.15) is 25.5 Å². The zero-order valence-corrected chi connectivity index (χ0v) is 11.8. The molecule has 1 saturated carbocycles. The minimum atomic E-state index is 0.572. The molecule has 4 heteroatoms. The van der Waals surface area contributed by atoms with Crippen molar-refractivity contribution < 1.29 is 4.74 Å². The first-order valence-electron chi connectivity index (χ1n) is 7.23. The third kappa shape index (κ3) is 3.07. The molecule has 2 aliphatic rings. The predicted molar refractivity (Wildman–Crippen MR) is 75.2 cm³/mol. The summed E-state index contributed by atoms with van der Waals surface area (Å²) in [5, 5.41) is 3.68. The monoisotopic (exact) mass is 261 g/mol. The summed E-state index contributed by atoms with van der Waals surface area (Å²) >= 11 is 0. The lowest BCUT2D eigenvalue weighted by Crippen LogP contribution is -2.55. The Morgan fingerprint density at radius 2 is 2.26 bits per heavy atom. The summed E-state index contributed by atoms with van der Waals surface area (Å²) in [5.41, 5.74) is 1.10. The van der Waals surface area contributed by atoms with Crippen molar-refractivity contribution in [3.63, 3.8) is 0 Å². The molecule has 1 N–H and O–H groups in total. The fourth-order valence-corrected chi connectivity index (χ4v) is 2.85. The first-order chi connectivity index (χ1) is 9.26. The maximum atomic E-state index is 5.20. The van der Waals surface area contributed by atoms with Crippen LogP contribution < -0.4 is 10.1 Å². The Hall–Kier alpha value is -1.13. The molecule has 1 saturated heterocycles. The molecule has 104 valence electrons. The van der Waals surface area contributed by atoms with Crippen molar-refractivity contribution >= 4 is 0 Å². The number of nitrogens with zero attached hydrogens (tertiary/aromatic N) is 2. The molecule has 2 heterocycles. The van der Waals surface area contributed by atoms with E-state index in [1.54, 1.807) is 7.11 Å². The van der Waals surface area contributed by atoms with Crippen molar-refractivity contribution in [3.05, 3.63) is 23.9 Å². The Morgan fingerprint density at radius 3 is 3.00 bits per heavy atom.